The van der Waals surface area contributed by atoms with Crippen LogP contribution in [-0.2, 0) is 0 Å². The van der Waals surface area contributed by atoms with Crippen molar-refractivity contribution in [3.05, 3.63) is 17.5 Å². The van der Waals surface area contributed by atoms with Gasteiger partial charge in [0, 0.05) is 12.6 Å². The molecule has 1 aliphatic carbocycles. The summed E-state index contributed by atoms with van der Waals surface area (Å²) < 4.78 is 0. The van der Waals surface area contributed by atoms with Crippen LogP contribution in [0.3, 0.4) is 0 Å². The first-order valence-electron chi connectivity index (χ1n) is 5.41. The van der Waals surface area contributed by atoms with Crippen molar-refractivity contribution in [3.63, 3.8) is 0 Å². The average Bonchev–Trinajstić information content (AvgIpc) is 2.97. The summed E-state index contributed by atoms with van der Waals surface area (Å²) in [5.74, 6) is 1.73. The van der Waals surface area contributed by atoms with E-state index in [9.17, 15) is 0 Å². The van der Waals surface area contributed by atoms with Crippen molar-refractivity contribution >= 4 is 17.4 Å². The zero-order chi connectivity index (χ0) is 10.8. The predicted molar refractivity (Wildman–Crippen MR) is 62.2 cm³/mol. The van der Waals surface area contributed by atoms with Crippen LogP contribution in [0.2, 0.25) is 5.15 Å². The van der Waals surface area contributed by atoms with Gasteiger partial charge < -0.3 is 4.90 Å². The fraction of sp³-hybridized carbons (Fsp3) is 0.636. The van der Waals surface area contributed by atoms with E-state index >= 15 is 0 Å². The molecule has 0 saturated heterocycles. The molecule has 2 rings (SSSR count). The van der Waals surface area contributed by atoms with Crippen molar-refractivity contribution in [1.29, 1.82) is 0 Å². The van der Waals surface area contributed by atoms with Crippen LogP contribution < -0.4 is 4.90 Å². The third kappa shape index (κ3) is 2.81. The number of rotatable bonds is 4. The van der Waals surface area contributed by atoms with Gasteiger partial charge in [0.05, 0.1) is 12.4 Å². The molecule has 1 aromatic heterocycles. The van der Waals surface area contributed by atoms with Crippen molar-refractivity contribution < 1.29 is 0 Å². The van der Waals surface area contributed by atoms with Crippen molar-refractivity contribution in [3.8, 4) is 0 Å². The molecule has 0 radical (unpaired) electrons. The quantitative estimate of drug-likeness (QED) is 0.789. The summed E-state index contributed by atoms with van der Waals surface area (Å²) in [6.07, 6.45) is 6.05. The molecule has 3 nitrogen and oxygen atoms in total. The van der Waals surface area contributed by atoms with Crippen LogP contribution in [0, 0.1) is 5.92 Å². The molecule has 1 heterocycles. The fourth-order valence-corrected chi connectivity index (χ4v) is 1.76. The van der Waals surface area contributed by atoms with Crippen LogP contribution in [0.15, 0.2) is 12.4 Å². The second-order valence-corrected chi connectivity index (χ2v) is 4.78. The minimum absolute atomic E-state index is 0.443. The highest BCUT2D eigenvalue weighted by Gasteiger charge is 2.26. The Labute approximate surface area is 95.5 Å². The Balaban J connectivity index is 2.15. The monoisotopic (exact) mass is 225 g/mol. The minimum atomic E-state index is 0.443. The summed E-state index contributed by atoms with van der Waals surface area (Å²) in [6.45, 7) is 5.42. The molecule has 1 aliphatic rings. The van der Waals surface area contributed by atoms with Crippen molar-refractivity contribution in [2.75, 3.05) is 11.4 Å². The van der Waals surface area contributed by atoms with E-state index in [0.717, 1.165) is 18.3 Å². The Morgan fingerprint density at radius 1 is 1.47 bits per heavy atom. The molecule has 1 fully saturated rings. The first-order valence-corrected chi connectivity index (χ1v) is 5.79. The number of hydrogen-bond donors (Lipinski definition) is 0. The Morgan fingerprint density at radius 3 is 2.73 bits per heavy atom. The van der Waals surface area contributed by atoms with E-state index in [1.54, 1.807) is 12.4 Å². The molecule has 1 aromatic rings. The van der Waals surface area contributed by atoms with Gasteiger partial charge in [0.2, 0.25) is 0 Å². The van der Waals surface area contributed by atoms with Crippen LogP contribution in [0.4, 0.5) is 5.82 Å². The number of anilines is 1. The summed E-state index contributed by atoms with van der Waals surface area (Å²) in [5, 5.41) is 0.467. The molecule has 0 bridgehead atoms. The topological polar surface area (TPSA) is 29.0 Å². The number of aromatic nitrogens is 2. The predicted octanol–water partition coefficient (Wildman–Crippen LogP) is 2.75. The summed E-state index contributed by atoms with van der Waals surface area (Å²) in [5.41, 5.74) is 0. The van der Waals surface area contributed by atoms with Gasteiger partial charge in [-0.05, 0) is 32.6 Å². The molecule has 1 saturated carbocycles. The van der Waals surface area contributed by atoms with E-state index in [4.69, 9.17) is 11.6 Å². The first kappa shape index (κ1) is 10.7. The first-order chi connectivity index (χ1) is 7.16. The Hall–Kier alpha value is -0.830. The van der Waals surface area contributed by atoms with Crippen molar-refractivity contribution in [2.24, 2.45) is 5.92 Å². The lowest BCUT2D eigenvalue weighted by molar-refractivity contribution is 0.635. The zero-order valence-corrected chi connectivity index (χ0v) is 9.91. The number of halogens is 1. The molecule has 0 amide bonds. The molecular weight excluding hydrogens is 210 g/mol. The lowest BCUT2D eigenvalue weighted by Crippen LogP contribution is -2.33. The summed E-state index contributed by atoms with van der Waals surface area (Å²) >= 11 is 5.85. The van der Waals surface area contributed by atoms with Gasteiger partial charge in [-0.3, -0.25) is 4.98 Å². The highest BCUT2D eigenvalue weighted by molar-refractivity contribution is 6.29. The van der Waals surface area contributed by atoms with Gasteiger partial charge in [-0.25, -0.2) is 4.98 Å². The van der Waals surface area contributed by atoms with Crippen LogP contribution in [0.25, 0.3) is 0 Å². The second-order valence-electron chi connectivity index (χ2n) is 4.39. The molecule has 82 valence electrons. The number of hydrogen-bond acceptors (Lipinski definition) is 3. The van der Waals surface area contributed by atoms with E-state index in [0.29, 0.717) is 11.2 Å². The highest BCUT2D eigenvalue weighted by Crippen LogP contribution is 2.31. The Morgan fingerprint density at radius 2 is 2.20 bits per heavy atom. The smallest absolute Gasteiger partial charge is 0.149 e. The van der Waals surface area contributed by atoms with E-state index < -0.39 is 0 Å². The van der Waals surface area contributed by atoms with Crippen LogP contribution in [0.5, 0.6) is 0 Å². The van der Waals surface area contributed by atoms with Gasteiger partial charge in [0.1, 0.15) is 11.0 Å². The van der Waals surface area contributed by atoms with Crippen LogP contribution in [-0.4, -0.2) is 22.6 Å². The lowest BCUT2D eigenvalue weighted by atomic mass is 10.3. The normalized spacial score (nSPS) is 15.7. The summed E-state index contributed by atoms with van der Waals surface area (Å²) in [4.78, 5) is 10.7. The van der Waals surface area contributed by atoms with Gasteiger partial charge in [0.15, 0.2) is 0 Å². The van der Waals surface area contributed by atoms with Crippen molar-refractivity contribution in [2.45, 2.75) is 32.7 Å². The van der Waals surface area contributed by atoms with Gasteiger partial charge in [-0.2, -0.15) is 0 Å². The molecule has 15 heavy (non-hydrogen) atoms. The molecule has 0 spiro atoms. The van der Waals surface area contributed by atoms with Crippen molar-refractivity contribution in [1.82, 2.24) is 9.97 Å². The molecule has 0 unspecified atom stereocenters. The summed E-state index contributed by atoms with van der Waals surface area (Å²) in [7, 11) is 0. The van der Waals surface area contributed by atoms with Gasteiger partial charge in [0.25, 0.3) is 0 Å². The average molecular weight is 226 g/mol. The van der Waals surface area contributed by atoms with E-state index in [-0.39, 0.29) is 0 Å². The maximum Gasteiger partial charge on any atom is 0.149 e. The largest absolute Gasteiger partial charge is 0.353 e. The minimum Gasteiger partial charge on any atom is -0.353 e. The van der Waals surface area contributed by atoms with Gasteiger partial charge >= 0.3 is 0 Å². The molecule has 4 heteroatoms. The van der Waals surface area contributed by atoms with E-state index in [1.165, 1.54) is 12.8 Å². The molecular formula is C11H16ClN3. The van der Waals surface area contributed by atoms with Crippen LogP contribution >= 0.6 is 11.6 Å². The Kier molecular flexibility index (Phi) is 3.10. The number of nitrogens with zero attached hydrogens (tertiary/aromatic N) is 3. The second kappa shape index (κ2) is 4.35. The van der Waals surface area contributed by atoms with Crippen LogP contribution in [0.1, 0.15) is 26.7 Å². The maximum absolute atomic E-state index is 5.85. The molecule has 0 aliphatic heterocycles. The third-order valence-corrected chi connectivity index (χ3v) is 2.84. The zero-order valence-electron chi connectivity index (χ0n) is 9.15. The van der Waals surface area contributed by atoms with Gasteiger partial charge in [-0.1, -0.05) is 11.6 Å². The third-order valence-electron chi connectivity index (χ3n) is 2.66. The van der Waals surface area contributed by atoms with E-state index in [1.807, 2.05) is 0 Å². The van der Waals surface area contributed by atoms with Gasteiger partial charge in [-0.15, -0.1) is 0 Å². The molecule has 0 atom stereocenters. The molecule has 0 aromatic carbocycles. The van der Waals surface area contributed by atoms with E-state index in [2.05, 4.69) is 28.7 Å². The SMILES string of the molecule is CC(C)N(CC1CC1)c1cncc(Cl)n1. The summed E-state index contributed by atoms with van der Waals surface area (Å²) in [6, 6.07) is 0.443. The standard InChI is InChI=1S/C11H16ClN3/c1-8(2)15(7-9-3-4-9)11-6-13-5-10(12)14-11/h5-6,8-9H,3-4,7H2,1-2H3. The maximum atomic E-state index is 5.85. The highest BCUT2D eigenvalue weighted by atomic mass is 35.5. The Bertz CT molecular complexity index is 336. The molecule has 0 N–H and O–H groups in total. The fourth-order valence-electron chi connectivity index (χ4n) is 1.62. The lowest BCUT2D eigenvalue weighted by Gasteiger charge is -2.27.